The fourth-order valence-corrected chi connectivity index (χ4v) is 5.44. The first-order chi connectivity index (χ1) is 13.4. The molecule has 30 heavy (non-hydrogen) atoms. The molecular formula is C10H20N3O14P3. The fourth-order valence-electron chi connectivity index (χ4n) is 2.41. The number of nitrogens with two attached hydrogens (primary N) is 1. The Hall–Kier alpha value is -0.740. The molecule has 3 unspecified atom stereocenters. The molecule has 0 bridgehead atoms. The zero-order valence-corrected chi connectivity index (χ0v) is 17.7. The van der Waals surface area contributed by atoms with Crippen molar-refractivity contribution in [1.82, 2.24) is 10.2 Å². The van der Waals surface area contributed by atoms with E-state index in [1.165, 1.54) is 19.2 Å². The highest BCUT2D eigenvalue weighted by molar-refractivity contribution is 7.66. The van der Waals surface area contributed by atoms with Crippen LogP contribution in [0.15, 0.2) is 12.3 Å². The Bertz CT molecular complexity index is 843. The number of nitrogens with one attached hydrogen (secondary N) is 1. The summed E-state index contributed by atoms with van der Waals surface area (Å²) in [6.45, 7) is 0.469. The Morgan fingerprint density at radius 3 is 2.30 bits per heavy atom. The maximum Gasteiger partial charge on any atom is 0.490 e. The Morgan fingerprint density at radius 1 is 1.17 bits per heavy atom. The molecule has 2 aliphatic rings. The van der Waals surface area contributed by atoms with Crippen LogP contribution in [0.2, 0.25) is 0 Å². The van der Waals surface area contributed by atoms with Gasteiger partial charge < -0.3 is 45.6 Å². The highest BCUT2D eigenvalue weighted by Gasteiger charge is 2.49. The lowest BCUT2D eigenvalue weighted by atomic mass is 10.1. The quantitative estimate of drug-likeness (QED) is 0.168. The summed E-state index contributed by atoms with van der Waals surface area (Å²) in [6.07, 6.45) is -3.88. The van der Waals surface area contributed by atoms with Gasteiger partial charge in [-0.15, -0.1) is 0 Å². The van der Waals surface area contributed by atoms with Gasteiger partial charge in [0.25, 0.3) is 0 Å². The van der Waals surface area contributed by atoms with Crippen LogP contribution in [-0.4, -0.2) is 77.5 Å². The Balaban J connectivity index is 2.01. The van der Waals surface area contributed by atoms with Crippen LogP contribution in [0.3, 0.4) is 0 Å². The van der Waals surface area contributed by atoms with E-state index in [0.29, 0.717) is 0 Å². The van der Waals surface area contributed by atoms with Crippen molar-refractivity contribution in [3.05, 3.63) is 12.3 Å². The zero-order valence-electron chi connectivity index (χ0n) is 15.0. The van der Waals surface area contributed by atoms with Crippen LogP contribution < -0.4 is 11.1 Å². The fraction of sp³-hybridized carbons (Fsp3) is 0.700. The van der Waals surface area contributed by atoms with Crippen molar-refractivity contribution < 1.29 is 66.2 Å². The van der Waals surface area contributed by atoms with E-state index in [1.807, 2.05) is 0 Å². The van der Waals surface area contributed by atoms with E-state index in [0.717, 1.165) is 4.90 Å². The van der Waals surface area contributed by atoms with Crippen LogP contribution >= 0.6 is 23.5 Å². The molecule has 0 radical (unpaired) electrons. The van der Waals surface area contributed by atoms with Crippen molar-refractivity contribution in [2.75, 3.05) is 6.61 Å². The van der Waals surface area contributed by atoms with E-state index >= 15 is 0 Å². The van der Waals surface area contributed by atoms with Crippen molar-refractivity contribution in [2.45, 2.75) is 37.1 Å². The van der Waals surface area contributed by atoms with Gasteiger partial charge in [0.15, 0.2) is 6.23 Å². The highest BCUT2D eigenvalue weighted by atomic mass is 31.3. The number of urea groups is 1. The standard InChI is InChI=1S/C10H20N3O14P3/c1-10(11)2-3-13(9(16)12-10)8-7(15)6(14)5(25-8)4-24-29(20,21)27-30(22,23)26-28(17,18)19/h2-3,5-8,14-15H,4,11H2,1H3,(H,12,16)(H,20,21)(H,22,23)(H2,17,18,19)/t5-,6-,7-,8-,10?/m1/s1. The van der Waals surface area contributed by atoms with Gasteiger partial charge in [-0.1, -0.05) is 0 Å². The predicted octanol–water partition coefficient (Wildman–Crippen LogP) is -2.01. The molecule has 0 spiro atoms. The number of rotatable bonds is 8. The summed E-state index contributed by atoms with van der Waals surface area (Å²) in [5, 5.41) is 22.5. The predicted molar refractivity (Wildman–Crippen MR) is 92.6 cm³/mol. The summed E-state index contributed by atoms with van der Waals surface area (Å²) in [7, 11) is -16.7. The molecule has 0 aliphatic carbocycles. The summed E-state index contributed by atoms with van der Waals surface area (Å²) >= 11 is 0. The normalized spacial score (nSPS) is 36.3. The number of phosphoric ester groups is 1. The van der Waals surface area contributed by atoms with Crippen LogP contribution in [0.4, 0.5) is 4.79 Å². The summed E-state index contributed by atoms with van der Waals surface area (Å²) in [6, 6.07) is -0.785. The Kier molecular flexibility index (Phi) is 7.36. The molecule has 174 valence electrons. The van der Waals surface area contributed by atoms with E-state index < -0.39 is 66.3 Å². The average Bonchev–Trinajstić information content (AvgIpc) is 2.77. The smallest absolute Gasteiger partial charge is 0.387 e. The SMILES string of the molecule is CC1(N)C=CN([C@@H]2O[C@H](COP(=O)(O)OP(=O)(O)OP(=O)(O)O)[C@@H](O)[C@H]2O)C(=O)N1. The van der Waals surface area contributed by atoms with Crippen LogP contribution in [-0.2, 0) is 31.6 Å². The van der Waals surface area contributed by atoms with Crippen molar-refractivity contribution in [2.24, 2.45) is 5.73 Å². The van der Waals surface area contributed by atoms with Crippen LogP contribution in [0.25, 0.3) is 0 Å². The third-order valence-corrected chi connectivity index (χ3v) is 7.42. The molecule has 17 nitrogen and oxygen atoms in total. The molecule has 2 rings (SSSR count). The van der Waals surface area contributed by atoms with Crippen LogP contribution in [0, 0.1) is 0 Å². The van der Waals surface area contributed by atoms with Gasteiger partial charge in [0.05, 0.1) is 6.61 Å². The van der Waals surface area contributed by atoms with Gasteiger partial charge in [0, 0.05) is 6.20 Å². The lowest BCUT2D eigenvalue weighted by molar-refractivity contribution is -0.0660. The molecule has 0 saturated carbocycles. The highest BCUT2D eigenvalue weighted by Crippen LogP contribution is 2.66. The number of ether oxygens (including phenoxy) is 1. The molecule has 2 amide bonds. The summed E-state index contributed by atoms with van der Waals surface area (Å²) in [5.41, 5.74) is 4.54. The van der Waals surface area contributed by atoms with Crippen LogP contribution in [0.1, 0.15) is 6.92 Å². The Labute approximate surface area is 168 Å². The molecule has 20 heteroatoms. The molecule has 2 aliphatic heterocycles. The van der Waals surface area contributed by atoms with Crippen molar-refractivity contribution in [1.29, 1.82) is 0 Å². The molecule has 0 aromatic rings. The molecule has 2 heterocycles. The van der Waals surface area contributed by atoms with E-state index in [2.05, 4.69) is 18.5 Å². The number of carbonyl (C=O) groups excluding carboxylic acids is 1. The molecule has 9 N–H and O–H groups in total. The monoisotopic (exact) mass is 499 g/mol. The van der Waals surface area contributed by atoms with Gasteiger partial charge in [0.2, 0.25) is 0 Å². The van der Waals surface area contributed by atoms with Crippen molar-refractivity contribution in [3.63, 3.8) is 0 Å². The number of carbonyl (C=O) groups is 1. The lowest BCUT2D eigenvalue weighted by Crippen LogP contribution is -2.61. The van der Waals surface area contributed by atoms with Gasteiger partial charge in [-0.25, -0.2) is 18.5 Å². The molecule has 0 aromatic carbocycles. The molecule has 7 atom stereocenters. The molecule has 0 aromatic heterocycles. The second kappa shape index (κ2) is 8.65. The summed E-state index contributed by atoms with van der Waals surface area (Å²) < 4.78 is 50.2. The van der Waals surface area contributed by atoms with Crippen LogP contribution in [0.5, 0.6) is 0 Å². The molecular weight excluding hydrogens is 479 g/mol. The minimum atomic E-state index is -5.71. The maximum atomic E-state index is 12.1. The molecule has 1 fully saturated rings. The third kappa shape index (κ3) is 6.88. The Morgan fingerprint density at radius 2 is 1.77 bits per heavy atom. The number of amides is 2. The largest absolute Gasteiger partial charge is 0.490 e. The number of nitrogens with zero attached hydrogens (tertiary/aromatic N) is 1. The third-order valence-electron chi connectivity index (χ3n) is 3.62. The second-order valence-electron chi connectivity index (χ2n) is 6.37. The van der Waals surface area contributed by atoms with Gasteiger partial charge >= 0.3 is 29.5 Å². The first-order valence-electron chi connectivity index (χ1n) is 7.80. The van der Waals surface area contributed by atoms with Crippen molar-refractivity contribution in [3.8, 4) is 0 Å². The zero-order chi connectivity index (χ0) is 23.1. The summed E-state index contributed by atoms with van der Waals surface area (Å²) in [4.78, 5) is 48.3. The number of phosphoric acid groups is 3. The first-order valence-corrected chi connectivity index (χ1v) is 12.3. The number of aliphatic hydroxyl groups is 2. The minimum absolute atomic E-state index is 0.785. The number of hydrogen-bond acceptors (Lipinski definition) is 11. The number of aliphatic hydroxyl groups excluding tert-OH is 2. The van der Waals surface area contributed by atoms with Gasteiger partial charge in [0.1, 0.15) is 24.0 Å². The first kappa shape index (κ1) is 25.5. The lowest BCUT2D eigenvalue weighted by Gasteiger charge is -2.35. The second-order valence-corrected chi connectivity index (χ2v) is 10.8. The van der Waals surface area contributed by atoms with Crippen molar-refractivity contribution >= 4 is 29.5 Å². The summed E-state index contributed by atoms with van der Waals surface area (Å²) in [5.74, 6) is 0. The van der Waals surface area contributed by atoms with E-state index in [4.69, 9.17) is 25.2 Å². The average molecular weight is 499 g/mol. The minimum Gasteiger partial charge on any atom is -0.387 e. The maximum absolute atomic E-state index is 12.1. The molecule has 1 saturated heterocycles. The van der Waals surface area contributed by atoms with Gasteiger partial charge in [-0.2, -0.15) is 8.62 Å². The number of hydrogen-bond donors (Lipinski definition) is 8. The van der Waals surface area contributed by atoms with Gasteiger partial charge in [-0.05, 0) is 13.0 Å². The van der Waals surface area contributed by atoms with E-state index in [1.54, 1.807) is 0 Å². The van der Waals surface area contributed by atoms with E-state index in [9.17, 15) is 33.6 Å². The topological polar surface area (TPSA) is 268 Å². The van der Waals surface area contributed by atoms with E-state index in [-0.39, 0.29) is 0 Å². The van der Waals surface area contributed by atoms with Gasteiger partial charge in [-0.3, -0.25) is 9.42 Å².